The summed E-state index contributed by atoms with van der Waals surface area (Å²) in [7, 11) is 0. The summed E-state index contributed by atoms with van der Waals surface area (Å²) in [5.74, 6) is 0.791. The molecule has 18 heavy (non-hydrogen) atoms. The average molecular weight is 243 g/mol. The van der Waals surface area contributed by atoms with Gasteiger partial charge in [0.05, 0.1) is 5.69 Å². The second-order valence-electron chi connectivity index (χ2n) is 3.81. The molecule has 1 aromatic carbocycles. The van der Waals surface area contributed by atoms with Gasteiger partial charge in [0.15, 0.2) is 0 Å². The molecular weight excluding hydrogens is 233 g/mol. The zero-order chi connectivity index (χ0) is 12.4. The highest BCUT2D eigenvalue weighted by Crippen LogP contribution is 2.14. The van der Waals surface area contributed by atoms with E-state index in [0.29, 0.717) is 11.5 Å². The van der Waals surface area contributed by atoms with Crippen molar-refractivity contribution in [3.8, 4) is 5.75 Å². The fourth-order valence-electron chi connectivity index (χ4n) is 1.66. The molecule has 0 spiro atoms. The summed E-state index contributed by atoms with van der Waals surface area (Å²) in [5, 5.41) is 0. The highest BCUT2D eigenvalue weighted by molar-refractivity contribution is 5.30. The van der Waals surface area contributed by atoms with E-state index in [1.807, 2.05) is 22.9 Å². The second-order valence-corrected chi connectivity index (χ2v) is 3.81. The molecule has 2 heterocycles. The van der Waals surface area contributed by atoms with Gasteiger partial charge in [0, 0.05) is 24.7 Å². The van der Waals surface area contributed by atoms with E-state index in [0.717, 1.165) is 5.69 Å². The van der Waals surface area contributed by atoms with E-state index in [9.17, 15) is 4.39 Å². The van der Waals surface area contributed by atoms with Gasteiger partial charge >= 0.3 is 0 Å². The Labute approximate surface area is 103 Å². The van der Waals surface area contributed by atoms with Gasteiger partial charge in [0.1, 0.15) is 18.2 Å². The number of rotatable bonds is 3. The second kappa shape index (κ2) is 4.44. The van der Waals surface area contributed by atoms with Gasteiger partial charge in [-0.25, -0.2) is 14.4 Å². The van der Waals surface area contributed by atoms with Crippen LogP contribution in [0.2, 0.25) is 0 Å². The molecule has 5 heteroatoms. The van der Waals surface area contributed by atoms with Crippen molar-refractivity contribution in [1.82, 2.24) is 14.4 Å². The molecule has 0 saturated carbocycles. The fourth-order valence-corrected chi connectivity index (χ4v) is 1.66. The number of hydrogen-bond donors (Lipinski definition) is 0. The summed E-state index contributed by atoms with van der Waals surface area (Å²) in [6.45, 7) is 0.285. The molecule has 0 N–H and O–H groups in total. The maximum Gasteiger partial charge on any atom is 0.234 e. The Bertz CT molecular complexity index is 648. The van der Waals surface area contributed by atoms with Crippen LogP contribution in [0.15, 0.2) is 48.9 Å². The molecule has 0 aliphatic heterocycles. The van der Waals surface area contributed by atoms with Gasteiger partial charge in [-0.1, -0.05) is 6.07 Å². The first-order valence-corrected chi connectivity index (χ1v) is 5.48. The van der Waals surface area contributed by atoms with E-state index in [1.165, 1.54) is 12.1 Å². The summed E-state index contributed by atoms with van der Waals surface area (Å²) in [6.07, 6.45) is 5.38. The molecule has 0 saturated heterocycles. The molecule has 3 aromatic rings. The number of benzene rings is 1. The van der Waals surface area contributed by atoms with E-state index in [2.05, 4.69) is 9.97 Å². The molecular formula is C13H10FN3O. The van der Waals surface area contributed by atoms with Crippen molar-refractivity contribution < 1.29 is 9.13 Å². The number of hydrogen-bond acceptors (Lipinski definition) is 3. The van der Waals surface area contributed by atoms with Crippen LogP contribution in [0.1, 0.15) is 5.69 Å². The van der Waals surface area contributed by atoms with Crippen molar-refractivity contribution in [3.63, 3.8) is 0 Å². The zero-order valence-corrected chi connectivity index (χ0v) is 9.45. The van der Waals surface area contributed by atoms with Gasteiger partial charge in [-0.3, -0.25) is 4.40 Å². The van der Waals surface area contributed by atoms with Crippen LogP contribution in [0.3, 0.4) is 0 Å². The topological polar surface area (TPSA) is 39.4 Å². The Morgan fingerprint density at radius 2 is 2.22 bits per heavy atom. The molecule has 0 aliphatic rings. The maximum absolute atomic E-state index is 13.0. The van der Waals surface area contributed by atoms with E-state index in [1.54, 1.807) is 18.3 Å². The van der Waals surface area contributed by atoms with Gasteiger partial charge in [-0.05, 0) is 18.2 Å². The summed E-state index contributed by atoms with van der Waals surface area (Å²) >= 11 is 0. The van der Waals surface area contributed by atoms with E-state index in [-0.39, 0.29) is 12.4 Å². The Morgan fingerprint density at radius 3 is 3.06 bits per heavy atom. The van der Waals surface area contributed by atoms with Crippen molar-refractivity contribution in [3.05, 3.63) is 60.4 Å². The molecule has 0 aliphatic carbocycles. The third-order valence-electron chi connectivity index (χ3n) is 2.47. The maximum atomic E-state index is 13.0. The summed E-state index contributed by atoms with van der Waals surface area (Å²) in [4.78, 5) is 8.39. The van der Waals surface area contributed by atoms with Crippen LogP contribution in [0.4, 0.5) is 4.39 Å². The first kappa shape index (κ1) is 10.7. The predicted octanol–water partition coefficient (Wildman–Crippen LogP) is 2.45. The molecule has 4 nitrogen and oxygen atoms in total. The highest BCUT2D eigenvalue weighted by Gasteiger charge is 2.03. The Morgan fingerprint density at radius 1 is 1.28 bits per heavy atom. The number of fused-ring (bicyclic) bond motifs is 1. The van der Waals surface area contributed by atoms with Gasteiger partial charge < -0.3 is 4.74 Å². The lowest BCUT2D eigenvalue weighted by atomic mass is 10.3. The van der Waals surface area contributed by atoms with Crippen LogP contribution in [-0.4, -0.2) is 14.4 Å². The minimum Gasteiger partial charge on any atom is -0.487 e. The third kappa shape index (κ3) is 2.15. The molecule has 3 rings (SSSR count). The monoisotopic (exact) mass is 243 g/mol. The lowest BCUT2D eigenvalue weighted by Gasteiger charge is -2.03. The van der Waals surface area contributed by atoms with Gasteiger partial charge in [0.2, 0.25) is 5.78 Å². The Balaban J connectivity index is 1.76. The van der Waals surface area contributed by atoms with Gasteiger partial charge in [-0.15, -0.1) is 0 Å². The van der Waals surface area contributed by atoms with Crippen molar-refractivity contribution in [2.45, 2.75) is 6.61 Å². The van der Waals surface area contributed by atoms with E-state index >= 15 is 0 Å². The number of nitrogens with zero attached hydrogens (tertiary/aromatic N) is 3. The van der Waals surface area contributed by atoms with Crippen LogP contribution in [-0.2, 0) is 6.61 Å². The summed E-state index contributed by atoms with van der Waals surface area (Å²) < 4.78 is 20.2. The van der Waals surface area contributed by atoms with Crippen molar-refractivity contribution in [2.24, 2.45) is 0 Å². The quantitative estimate of drug-likeness (QED) is 0.709. The minimum atomic E-state index is -0.316. The first-order valence-electron chi connectivity index (χ1n) is 5.48. The normalized spacial score (nSPS) is 10.7. The van der Waals surface area contributed by atoms with Gasteiger partial charge in [-0.2, -0.15) is 0 Å². The zero-order valence-electron chi connectivity index (χ0n) is 9.45. The molecule has 0 radical (unpaired) electrons. The summed E-state index contributed by atoms with van der Waals surface area (Å²) in [6, 6.07) is 7.86. The standard InChI is InChI=1S/C13H10FN3O/c14-10-3-1-4-12(7-10)18-9-11-8-17-6-2-5-15-13(17)16-11/h1-8H,9H2. The predicted molar refractivity (Wildman–Crippen MR) is 63.7 cm³/mol. The van der Waals surface area contributed by atoms with Crippen molar-refractivity contribution in [2.75, 3.05) is 0 Å². The SMILES string of the molecule is Fc1cccc(OCc2cn3cccnc3n2)c1. The van der Waals surface area contributed by atoms with Crippen LogP contribution < -0.4 is 4.74 Å². The van der Waals surface area contributed by atoms with Crippen molar-refractivity contribution >= 4 is 5.78 Å². The molecule has 0 unspecified atom stereocenters. The Kier molecular flexibility index (Phi) is 2.64. The van der Waals surface area contributed by atoms with Crippen LogP contribution in [0, 0.1) is 5.82 Å². The molecule has 0 atom stereocenters. The highest BCUT2D eigenvalue weighted by atomic mass is 19.1. The number of ether oxygens (including phenoxy) is 1. The lowest BCUT2D eigenvalue weighted by molar-refractivity contribution is 0.300. The van der Waals surface area contributed by atoms with Gasteiger partial charge in [0.25, 0.3) is 0 Å². The fraction of sp³-hybridized carbons (Fsp3) is 0.0769. The van der Waals surface area contributed by atoms with E-state index in [4.69, 9.17) is 4.74 Å². The smallest absolute Gasteiger partial charge is 0.234 e. The third-order valence-corrected chi connectivity index (χ3v) is 2.47. The number of aromatic nitrogens is 3. The summed E-state index contributed by atoms with van der Waals surface area (Å²) in [5.41, 5.74) is 0.748. The minimum absolute atomic E-state index is 0.285. The largest absolute Gasteiger partial charge is 0.487 e. The van der Waals surface area contributed by atoms with Crippen LogP contribution in [0.5, 0.6) is 5.75 Å². The Hall–Kier alpha value is -2.43. The molecule has 0 amide bonds. The number of imidazole rings is 1. The number of halogens is 1. The molecule has 90 valence electrons. The van der Waals surface area contributed by atoms with E-state index < -0.39 is 0 Å². The average Bonchev–Trinajstić information content (AvgIpc) is 2.79. The first-order chi connectivity index (χ1) is 8.81. The molecule has 0 bridgehead atoms. The van der Waals surface area contributed by atoms with Crippen molar-refractivity contribution in [1.29, 1.82) is 0 Å². The van der Waals surface area contributed by atoms with Crippen LogP contribution >= 0.6 is 0 Å². The lowest BCUT2D eigenvalue weighted by Crippen LogP contribution is -1.95. The van der Waals surface area contributed by atoms with Crippen LogP contribution in [0.25, 0.3) is 5.78 Å². The molecule has 2 aromatic heterocycles. The molecule has 0 fully saturated rings.